The minimum atomic E-state index is -0.701. The quantitative estimate of drug-likeness (QED) is 0.577. The van der Waals surface area contributed by atoms with E-state index in [4.69, 9.17) is 18.9 Å². The third-order valence-electron chi connectivity index (χ3n) is 7.51. The summed E-state index contributed by atoms with van der Waals surface area (Å²) in [5, 5.41) is 12.5. The molecule has 0 aromatic carbocycles. The molecule has 4 aliphatic rings. The van der Waals surface area contributed by atoms with Gasteiger partial charge in [0.05, 0.1) is 12.6 Å². The Labute approximate surface area is 201 Å². The van der Waals surface area contributed by atoms with E-state index in [1.54, 1.807) is 16.9 Å². The van der Waals surface area contributed by atoms with Gasteiger partial charge in [0.25, 0.3) is 0 Å². The molecule has 1 N–H and O–H groups in total. The zero-order valence-corrected chi connectivity index (χ0v) is 20.7. The van der Waals surface area contributed by atoms with E-state index in [0.29, 0.717) is 13.1 Å². The Kier molecular flexibility index (Phi) is 7.79. The molecule has 5 atom stereocenters. The van der Waals surface area contributed by atoms with Gasteiger partial charge >= 0.3 is 0 Å². The van der Waals surface area contributed by atoms with Gasteiger partial charge in [-0.2, -0.15) is 5.26 Å². The van der Waals surface area contributed by atoms with Gasteiger partial charge in [-0.05, 0) is 52.4 Å². The summed E-state index contributed by atoms with van der Waals surface area (Å²) in [5.41, 5.74) is 0. The Balaban J connectivity index is 1.21. The summed E-state index contributed by atoms with van der Waals surface area (Å²) in [6, 6.07) is 2.14. The second kappa shape index (κ2) is 10.5. The molecule has 10 heteroatoms. The van der Waals surface area contributed by atoms with Crippen molar-refractivity contribution in [1.82, 2.24) is 15.1 Å². The molecule has 4 fully saturated rings. The predicted molar refractivity (Wildman–Crippen MR) is 121 cm³/mol. The van der Waals surface area contributed by atoms with Crippen LogP contribution in [0.1, 0.15) is 52.4 Å². The Bertz CT molecular complexity index is 793. The van der Waals surface area contributed by atoms with Crippen LogP contribution >= 0.6 is 0 Å². The first kappa shape index (κ1) is 25.3. The van der Waals surface area contributed by atoms with Crippen LogP contribution < -0.4 is 5.32 Å². The maximum atomic E-state index is 13.1. The van der Waals surface area contributed by atoms with Crippen molar-refractivity contribution in [1.29, 1.82) is 5.26 Å². The van der Waals surface area contributed by atoms with Crippen LogP contribution in [0.25, 0.3) is 0 Å². The van der Waals surface area contributed by atoms with Gasteiger partial charge in [0.1, 0.15) is 24.4 Å². The fourth-order valence-electron chi connectivity index (χ4n) is 5.73. The zero-order valence-electron chi connectivity index (χ0n) is 20.7. The SMILES string of the molecule is CO[C@@H]1O[C@H](CN(C)C(=O)C2CCC(NCC(=O)N3CCC[C@H]3C#N)CC2)[C@H]2OC(C)(C)O[C@@H]12. The number of nitrogens with one attached hydrogen (secondary N) is 1. The largest absolute Gasteiger partial charge is 0.353 e. The number of likely N-dealkylation sites (tertiary alicyclic amines) is 1. The number of likely N-dealkylation sites (N-methyl/N-ethyl adjacent to an activating group) is 1. The monoisotopic (exact) mass is 478 g/mol. The van der Waals surface area contributed by atoms with Crippen molar-refractivity contribution in [3.8, 4) is 6.07 Å². The van der Waals surface area contributed by atoms with Gasteiger partial charge in [-0.3, -0.25) is 9.59 Å². The summed E-state index contributed by atoms with van der Waals surface area (Å²) >= 11 is 0. The number of fused-ring (bicyclic) bond motifs is 1. The smallest absolute Gasteiger partial charge is 0.237 e. The minimum Gasteiger partial charge on any atom is -0.353 e. The van der Waals surface area contributed by atoms with E-state index in [-0.39, 0.29) is 54.7 Å². The van der Waals surface area contributed by atoms with Gasteiger partial charge in [0, 0.05) is 39.2 Å². The molecule has 4 rings (SSSR count). The van der Waals surface area contributed by atoms with E-state index >= 15 is 0 Å². The predicted octanol–water partition coefficient (Wildman–Crippen LogP) is 0.999. The Morgan fingerprint density at radius 3 is 2.56 bits per heavy atom. The topological polar surface area (TPSA) is 113 Å². The molecule has 3 saturated heterocycles. The van der Waals surface area contributed by atoms with Gasteiger partial charge in [-0.1, -0.05) is 0 Å². The van der Waals surface area contributed by atoms with Crippen molar-refractivity contribution in [3.63, 3.8) is 0 Å². The second-order valence-corrected chi connectivity index (χ2v) is 10.4. The third kappa shape index (κ3) is 5.39. The summed E-state index contributed by atoms with van der Waals surface area (Å²) in [6.07, 6.45) is 3.52. The van der Waals surface area contributed by atoms with Crippen LogP contribution in [0.4, 0.5) is 0 Å². The lowest BCUT2D eigenvalue weighted by Crippen LogP contribution is -2.46. The van der Waals surface area contributed by atoms with E-state index in [2.05, 4.69) is 11.4 Å². The molecular weight excluding hydrogens is 440 g/mol. The maximum absolute atomic E-state index is 13.1. The number of amides is 2. The number of methoxy groups -OCH3 is 1. The molecule has 3 aliphatic heterocycles. The molecule has 1 aliphatic carbocycles. The van der Waals surface area contributed by atoms with E-state index in [9.17, 15) is 14.9 Å². The number of carbonyl (C=O) groups excluding carboxylic acids is 2. The number of ether oxygens (including phenoxy) is 4. The van der Waals surface area contributed by atoms with Crippen molar-refractivity contribution < 1.29 is 28.5 Å². The number of hydrogen-bond donors (Lipinski definition) is 1. The zero-order chi connectivity index (χ0) is 24.5. The van der Waals surface area contributed by atoms with Crippen LogP contribution in [0.15, 0.2) is 0 Å². The summed E-state index contributed by atoms with van der Waals surface area (Å²) in [7, 11) is 3.40. The standard InChI is InChI=1S/C24H38N4O6/c1-24(2)33-20-18(32-23(31-4)21(20)34-24)14-27(3)22(30)15-7-9-16(10-8-15)26-13-19(29)28-11-5-6-17(28)12-25/h15-18,20-21,23,26H,5-11,13-14H2,1-4H3/t15?,16?,17-,18+,20+,21+,23+/m0/s1. The normalized spacial score (nSPS) is 36.8. The Morgan fingerprint density at radius 2 is 1.88 bits per heavy atom. The summed E-state index contributed by atoms with van der Waals surface area (Å²) in [5.74, 6) is -0.628. The Morgan fingerprint density at radius 1 is 1.18 bits per heavy atom. The summed E-state index contributed by atoms with van der Waals surface area (Å²) in [4.78, 5) is 29.0. The van der Waals surface area contributed by atoms with Crippen molar-refractivity contribution >= 4 is 11.8 Å². The van der Waals surface area contributed by atoms with Gasteiger partial charge in [-0.15, -0.1) is 0 Å². The molecule has 0 radical (unpaired) electrons. The molecule has 10 nitrogen and oxygen atoms in total. The van der Waals surface area contributed by atoms with E-state index in [0.717, 1.165) is 38.5 Å². The number of carbonyl (C=O) groups is 2. The molecule has 0 bridgehead atoms. The highest BCUT2D eigenvalue weighted by atomic mass is 16.8. The van der Waals surface area contributed by atoms with Gasteiger partial charge < -0.3 is 34.1 Å². The van der Waals surface area contributed by atoms with Crippen LogP contribution in [0.2, 0.25) is 0 Å². The lowest BCUT2D eigenvalue weighted by atomic mass is 9.85. The number of nitriles is 1. The third-order valence-corrected chi connectivity index (χ3v) is 7.51. The van der Waals surface area contributed by atoms with Crippen molar-refractivity contribution in [2.45, 2.75) is 94.8 Å². The van der Waals surface area contributed by atoms with Gasteiger partial charge in [0.2, 0.25) is 11.8 Å². The van der Waals surface area contributed by atoms with Crippen molar-refractivity contribution in [3.05, 3.63) is 0 Å². The van der Waals surface area contributed by atoms with E-state index < -0.39 is 12.1 Å². The molecule has 0 aromatic rings. The van der Waals surface area contributed by atoms with Crippen LogP contribution in [0.3, 0.4) is 0 Å². The first-order valence-corrected chi connectivity index (χ1v) is 12.4. The van der Waals surface area contributed by atoms with E-state index in [1.165, 1.54) is 0 Å². The molecule has 190 valence electrons. The molecular formula is C24H38N4O6. The molecule has 2 amide bonds. The molecule has 0 spiro atoms. The van der Waals surface area contributed by atoms with Crippen LogP contribution in [-0.2, 0) is 28.5 Å². The van der Waals surface area contributed by atoms with Crippen molar-refractivity contribution in [2.24, 2.45) is 5.92 Å². The molecule has 0 unspecified atom stereocenters. The summed E-state index contributed by atoms with van der Waals surface area (Å²) < 4.78 is 23.4. The number of rotatable bonds is 7. The molecule has 0 aromatic heterocycles. The highest BCUT2D eigenvalue weighted by molar-refractivity contribution is 5.79. The average molecular weight is 479 g/mol. The average Bonchev–Trinajstić information content (AvgIpc) is 3.50. The second-order valence-electron chi connectivity index (χ2n) is 10.4. The Hall–Kier alpha value is -1.77. The van der Waals surface area contributed by atoms with Crippen LogP contribution in [0, 0.1) is 17.2 Å². The minimum absolute atomic E-state index is 0.00694. The summed E-state index contributed by atoms with van der Waals surface area (Å²) in [6.45, 7) is 5.08. The van der Waals surface area contributed by atoms with Crippen LogP contribution in [-0.4, -0.2) is 97.9 Å². The van der Waals surface area contributed by atoms with Gasteiger partial charge in [-0.25, -0.2) is 0 Å². The molecule has 1 saturated carbocycles. The number of hydrogen-bond acceptors (Lipinski definition) is 8. The molecule has 34 heavy (non-hydrogen) atoms. The van der Waals surface area contributed by atoms with Crippen molar-refractivity contribution in [2.75, 3.05) is 33.8 Å². The molecule has 3 heterocycles. The van der Waals surface area contributed by atoms with E-state index in [1.807, 2.05) is 20.9 Å². The highest BCUT2D eigenvalue weighted by Gasteiger charge is 2.55. The van der Waals surface area contributed by atoms with Crippen LogP contribution in [0.5, 0.6) is 0 Å². The lowest BCUT2D eigenvalue weighted by molar-refractivity contribution is -0.228. The first-order chi connectivity index (χ1) is 16.2. The fraction of sp³-hybridized carbons (Fsp3) is 0.875. The fourth-order valence-corrected chi connectivity index (χ4v) is 5.73. The number of nitrogens with zero attached hydrogens (tertiary/aromatic N) is 3. The highest BCUT2D eigenvalue weighted by Crippen LogP contribution is 2.39. The lowest BCUT2D eigenvalue weighted by Gasteiger charge is -2.32. The maximum Gasteiger partial charge on any atom is 0.237 e. The van der Waals surface area contributed by atoms with Gasteiger partial charge in [0.15, 0.2) is 12.1 Å². The first-order valence-electron chi connectivity index (χ1n) is 12.4.